The van der Waals surface area contributed by atoms with Crippen LogP contribution >= 0.6 is 0 Å². The third kappa shape index (κ3) is 3.66. The van der Waals surface area contributed by atoms with E-state index in [-0.39, 0.29) is 11.9 Å². The molecule has 0 bridgehead atoms. The van der Waals surface area contributed by atoms with E-state index < -0.39 is 0 Å². The second-order valence-corrected chi connectivity index (χ2v) is 8.40. The third-order valence-corrected chi connectivity index (χ3v) is 6.47. The number of fused-ring (bicyclic) bond motifs is 2. The number of hydrogen-bond donors (Lipinski definition) is 1. The number of nitrogens with one attached hydrogen (secondary N) is 1. The summed E-state index contributed by atoms with van der Waals surface area (Å²) in [4.78, 5) is 18.0. The zero-order valence-electron chi connectivity index (χ0n) is 18.1. The molecule has 0 aliphatic carbocycles. The van der Waals surface area contributed by atoms with Crippen molar-refractivity contribution < 1.29 is 9.53 Å². The summed E-state index contributed by atoms with van der Waals surface area (Å²) in [5.74, 6) is 0.0903. The SMILES string of the molecule is Cc1n[nH]c(C)c1C1COCCN1CC(=O)N1c2ccccc2CCc2ccccc21. The molecule has 1 fully saturated rings. The van der Waals surface area contributed by atoms with Gasteiger partial charge in [-0.2, -0.15) is 5.10 Å². The van der Waals surface area contributed by atoms with Crippen LogP contribution in [0, 0.1) is 13.8 Å². The normalized spacial score (nSPS) is 18.9. The number of ether oxygens (including phenoxy) is 1. The molecule has 160 valence electrons. The second kappa shape index (κ2) is 8.29. The van der Waals surface area contributed by atoms with Crippen LogP contribution in [0.25, 0.3) is 0 Å². The quantitative estimate of drug-likeness (QED) is 0.704. The molecule has 1 unspecified atom stereocenters. The van der Waals surface area contributed by atoms with Gasteiger partial charge in [-0.3, -0.25) is 19.7 Å². The summed E-state index contributed by atoms with van der Waals surface area (Å²) < 4.78 is 5.80. The lowest BCUT2D eigenvalue weighted by Crippen LogP contribution is -2.46. The van der Waals surface area contributed by atoms with E-state index in [1.54, 1.807) is 0 Å². The lowest BCUT2D eigenvalue weighted by atomic mass is 10.0. The number of H-pyrrole nitrogens is 1. The van der Waals surface area contributed by atoms with Gasteiger partial charge >= 0.3 is 0 Å². The number of anilines is 2. The molecule has 6 heteroatoms. The van der Waals surface area contributed by atoms with E-state index in [1.165, 1.54) is 11.1 Å². The maximum atomic E-state index is 13.8. The number of aromatic nitrogens is 2. The molecule has 2 aromatic carbocycles. The summed E-state index contributed by atoms with van der Waals surface area (Å²) in [6.45, 7) is 6.30. The zero-order valence-corrected chi connectivity index (χ0v) is 18.1. The van der Waals surface area contributed by atoms with Crippen molar-refractivity contribution in [2.24, 2.45) is 0 Å². The Kier molecular flexibility index (Phi) is 5.34. The molecule has 1 aromatic heterocycles. The Labute approximate surface area is 182 Å². The van der Waals surface area contributed by atoms with Gasteiger partial charge in [-0.15, -0.1) is 0 Å². The molecule has 1 atom stereocenters. The molecule has 1 amide bonds. The first-order valence-electron chi connectivity index (χ1n) is 11.0. The average Bonchev–Trinajstić information content (AvgIpc) is 3.02. The van der Waals surface area contributed by atoms with Crippen molar-refractivity contribution in [3.8, 4) is 0 Å². The van der Waals surface area contributed by atoms with E-state index in [2.05, 4.69) is 51.5 Å². The van der Waals surface area contributed by atoms with E-state index in [4.69, 9.17) is 4.74 Å². The second-order valence-electron chi connectivity index (χ2n) is 8.40. The van der Waals surface area contributed by atoms with Gasteiger partial charge in [0.2, 0.25) is 5.91 Å². The van der Waals surface area contributed by atoms with Gasteiger partial charge in [0.1, 0.15) is 0 Å². The number of morpholine rings is 1. The van der Waals surface area contributed by atoms with E-state index >= 15 is 0 Å². The number of carbonyl (C=O) groups is 1. The van der Waals surface area contributed by atoms with Gasteiger partial charge in [0.15, 0.2) is 0 Å². The summed E-state index contributed by atoms with van der Waals surface area (Å²) in [7, 11) is 0. The largest absolute Gasteiger partial charge is 0.378 e. The highest BCUT2D eigenvalue weighted by atomic mass is 16.5. The van der Waals surface area contributed by atoms with Gasteiger partial charge in [0, 0.05) is 17.8 Å². The Bertz CT molecular complexity index is 1040. The van der Waals surface area contributed by atoms with Crippen LogP contribution < -0.4 is 4.90 Å². The third-order valence-electron chi connectivity index (χ3n) is 6.47. The summed E-state index contributed by atoms with van der Waals surface area (Å²) >= 11 is 0. The van der Waals surface area contributed by atoms with Crippen molar-refractivity contribution in [3.05, 3.63) is 76.6 Å². The molecule has 0 radical (unpaired) electrons. The van der Waals surface area contributed by atoms with Crippen LogP contribution in [-0.2, 0) is 22.4 Å². The molecule has 5 rings (SSSR count). The summed E-state index contributed by atoms with van der Waals surface area (Å²) in [5.41, 5.74) is 7.58. The molecular formula is C25H28N4O2. The molecule has 31 heavy (non-hydrogen) atoms. The van der Waals surface area contributed by atoms with E-state index in [9.17, 15) is 4.79 Å². The van der Waals surface area contributed by atoms with Crippen molar-refractivity contribution in [2.45, 2.75) is 32.7 Å². The molecule has 2 aliphatic heterocycles. The van der Waals surface area contributed by atoms with Crippen LogP contribution in [0.1, 0.15) is 34.1 Å². The Morgan fingerprint density at radius 2 is 1.71 bits per heavy atom. The average molecular weight is 417 g/mol. The fraction of sp³-hybridized carbons (Fsp3) is 0.360. The number of rotatable bonds is 3. The minimum atomic E-state index is 0.0221. The standard InChI is InChI=1S/C25H28N4O2/c1-17-25(18(2)27-26-17)23-16-31-14-13-28(23)15-24(30)29-21-9-5-3-7-19(21)11-12-20-8-4-6-10-22(20)29/h3-10,23H,11-16H2,1-2H3,(H,26,27). The van der Waals surface area contributed by atoms with Gasteiger partial charge in [0.25, 0.3) is 0 Å². The summed E-state index contributed by atoms with van der Waals surface area (Å²) in [6, 6.07) is 16.6. The van der Waals surface area contributed by atoms with Gasteiger partial charge < -0.3 is 4.74 Å². The Morgan fingerprint density at radius 3 is 2.32 bits per heavy atom. The number of aryl methyl sites for hydroxylation is 4. The van der Waals surface area contributed by atoms with Crippen molar-refractivity contribution in [1.82, 2.24) is 15.1 Å². The first kappa shape index (κ1) is 20.0. The molecule has 1 N–H and O–H groups in total. The molecule has 0 saturated carbocycles. The predicted molar refractivity (Wildman–Crippen MR) is 121 cm³/mol. The van der Waals surface area contributed by atoms with Crippen LogP contribution in [0.15, 0.2) is 48.5 Å². The predicted octanol–water partition coefficient (Wildman–Crippen LogP) is 3.86. The lowest BCUT2D eigenvalue weighted by Gasteiger charge is -2.37. The van der Waals surface area contributed by atoms with Crippen LogP contribution in [0.3, 0.4) is 0 Å². The van der Waals surface area contributed by atoms with Crippen LogP contribution in [0.4, 0.5) is 11.4 Å². The first-order valence-corrected chi connectivity index (χ1v) is 11.0. The molecular weight excluding hydrogens is 388 g/mol. The number of carbonyl (C=O) groups excluding carboxylic acids is 1. The molecule has 2 aliphatic rings. The first-order chi connectivity index (χ1) is 15.1. The zero-order chi connectivity index (χ0) is 21.4. The summed E-state index contributed by atoms with van der Waals surface area (Å²) in [6.07, 6.45) is 1.87. The highest BCUT2D eigenvalue weighted by Crippen LogP contribution is 2.37. The van der Waals surface area contributed by atoms with Gasteiger partial charge in [-0.25, -0.2) is 0 Å². The number of amides is 1. The Balaban J connectivity index is 1.50. The number of nitrogens with zero attached hydrogens (tertiary/aromatic N) is 3. The monoisotopic (exact) mass is 416 g/mol. The van der Waals surface area contributed by atoms with E-state index in [0.29, 0.717) is 19.8 Å². The molecule has 3 heterocycles. The molecule has 3 aromatic rings. The fourth-order valence-corrected chi connectivity index (χ4v) is 4.94. The van der Waals surface area contributed by atoms with Crippen LogP contribution in [0.5, 0.6) is 0 Å². The van der Waals surface area contributed by atoms with Crippen molar-refractivity contribution in [3.63, 3.8) is 0 Å². The minimum absolute atomic E-state index is 0.0221. The molecule has 0 spiro atoms. The highest BCUT2D eigenvalue weighted by Gasteiger charge is 2.33. The van der Waals surface area contributed by atoms with E-state index in [0.717, 1.165) is 47.7 Å². The highest BCUT2D eigenvalue weighted by molar-refractivity contribution is 6.03. The number of hydrogen-bond acceptors (Lipinski definition) is 4. The minimum Gasteiger partial charge on any atom is -0.378 e. The van der Waals surface area contributed by atoms with Crippen molar-refractivity contribution in [2.75, 3.05) is 31.2 Å². The van der Waals surface area contributed by atoms with Crippen molar-refractivity contribution in [1.29, 1.82) is 0 Å². The Morgan fingerprint density at radius 1 is 1.06 bits per heavy atom. The fourth-order valence-electron chi connectivity index (χ4n) is 4.94. The van der Waals surface area contributed by atoms with Gasteiger partial charge in [-0.05, 0) is 49.9 Å². The number of aromatic amines is 1. The lowest BCUT2D eigenvalue weighted by molar-refractivity contribution is -0.121. The maximum absolute atomic E-state index is 13.8. The van der Waals surface area contributed by atoms with Crippen molar-refractivity contribution >= 4 is 17.3 Å². The number of para-hydroxylation sites is 2. The molecule has 6 nitrogen and oxygen atoms in total. The van der Waals surface area contributed by atoms with E-state index in [1.807, 2.05) is 30.9 Å². The Hall–Kier alpha value is -2.96. The van der Waals surface area contributed by atoms with Gasteiger partial charge in [-0.1, -0.05) is 36.4 Å². The van der Waals surface area contributed by atoms with Crippen LogP contribution in [-0.4, -0.2) is 47.3 Å². The smallest absolute Gasteiger partial charge is 0.245 e. The topological polar surface area (TPSA) is 61.5 Å². The molecule has 1 saturated heterocycles. The van der Waals surface area contributed by atoms with Gasteiger partial charge in [0.05, 0.1) is 42.9 Å². The summed E-state index contributed by atoms with van der Waals surface area (Å²) in [5, 5.41) is 7.44. The number of benzene rings is 2. The maximum Gasteiger partial charge on any atom is 0.245 e. The van der Waals surface area contributed by atoms with Crippen LogP contribution in [0.2, 0.25) is 0 Å².